The Balaban J connectivity index is 1.72. The fraction of sp³-hybridized carbons (Fsp3) is 0.375. The lowest BCUT2D eigenvalue weighted by Gasteiger charge is -2.00. The summed E-state index contributed by atoms with van der Waals surface area (Å²) >= 11 is 5.18. The molecule has 2 N–H and O–H groups in total. The minimum Gasteiger partial charge on any atom is -0.289 e. The van der Waals surface area contributed by atoms with Crippen LogP contribution >= 0.6 is 27.3 Å². The van der Waals surface area contributed by atoms with E-state index in [9.17, 15) is 4.79 Å². The molecule has 1 amide bonds. The number of hydrogen-bond donors (Lipinski definition) is 2. The number of unbranched alkanes of at least 4 members (excludes halogenated alkanes) is 3. The molecule has 0 bridgehead atoms. The van der Waals surface area contributed by atoms with Gasteiger partial charge in [0.25, 0.3) is 0 Å². The Kier molecular flexibility index (Phi) is 7.02. The molecule has 1 heterocycles. The van der Waals surface area contributed by atoms with Crippen LogP contribution in [0.15, 0.2) is 34.1 Å². The third-order valence-corrected chi connectivity index (χ3v) is 4.74. The summed E-state index contributed by atoms with van der Waals surface area (Å²) < 4.78 is 1.06. The highest BCUT2D eigenvalue weighted by Crippen LogP contribution is 2.25. The van der Waals surface area contributed by atoms with Gasteiger partial charge in [-0.1, -0.05) is 40.9 Å². The number of benzene rings is 1. The molecule has 0 aliphatic heterocycles. The average molecular weight is 383 g/mol. The van der Waals surface area contributed by atoms with Crippen LogP contribution in [0, 0.1) is 0 Å². The highest BCUT2D eigenvalue weighted by Gasteiger charge is 2.05. The number of hydrogen-bond acceptors (Lipinski definition) is 4. The number of thiazole rings is 1. The van der Waals surface area contributed by atoms with Crippen molar-refractivity contribution in [3.63, 3.8) is 0 Å². The molecular weight excluding hydrogens is 364 g/mol. The van der Waals surface area contributed by atoms with Crippen LogP contribution in [0.1, 0.15) is 37.1 Å². The second kappa shape index (κ2) is 9.02. The van der Waals surface area contributed by atoms with Gasteiger partial charge in [-0.15, -0.1) is 11.3 Å². The summed E-state index contributed by atoms with van der Waals surface area (Å²) in [5, 5.41) is 11.6. The maximum absolute atomic E-state index is 10.9. The summed E-state index contributed by atoms with van der Waals surface area (Å²) in [4.78, 5) is 15.5. The number of nitrogens with one attached hydrogen (secondary N) is 1. The van der Waals surface area contributed by atoms with Crippen molar-refractivity contribution in [1.82, 2.24) is 10.5 Å². The summed E-state index contributed by atoms with van der Waals surface area (Å²) in [6.45, 7) is 0. The first-order valence-corrected chi connectivity index (χ1v) is 8.99. The van der Waals surface area contributed by atoms with Crippen LogP contribution in [0.3, 0.4) is 0 Å². The van der Waals surface area contributed by atoms with Gasteiger partial charge in [-0.25, -0.2) is 10.5 Å². The summed E-state index contributed by atoms with van der Waals surface area (Å²) in [6, 6.07) is 8.16. The minimum absolute atomic E-state index is 0.307. The van der Waals surface area contributed by atoms with Crippen LogP contribution in [0.5, 0.6) is 0 Å². The van der Waals surface area contributed by atoms with E-state index in [4.69, 9.17) is 5.21 Å². The number of carbonyl (C=O) groups excluding carboxylic acids is 1. The molecule has 0 fully saturated rings. The number of aromatic nitrogens is 1. The second-order valence-corrected chi connectivity index (χ2v) is 6.94. The molecule has 118 valence electrons. The average Bonchev–Trinajstić information content (AvgIpc) is 2.99. The quantitative estimate of drug-likeness (QED) is 0.399. The maximum atomic E-state index is 10.9. The fourth-order valence-electron chi connectivity index (χ4n) is 2.18. The topological polar surface area (TPSA) is 62.2 Å². The van der Waals surface area contributed by atoms with Crippen molar-refractivity contribution in [1.29, 1.82) is 0 Å². The van der Waals surface area contributed by atoms with E-state index in [0.717, 1.165) is 52.8 Å². The molecule has 1 aromatic carbocycles. The zero-order valence-corrected chi connectivity index (χ0v) is 14.6. The van der Waals surface area contributed by atoms with Gasteiger partial charge in [0.05, 0.1) is 10.7 Å². The van der Waals surface area contributed by atoms with E-state index in [1.54, 1.807) is 16.8 Å². The monoisotopic (exact) mass is 382 g/mol. The van der Waals surface area contributed by atoms with Gasteiger partial charge in [0.2, 0.25) is 5.91 Å². The number of carbonyl (C=O) groups is 1. The third-order valence-electron chi connectivity index (χ3n) is 3.34. The van der Waals surface area contributed by atoms with E-state index in [1.165, 1.54) is 0 Å². The predicted molar refractivity (Wildman–Crippen MR) is 92.0 cm³/mol. The molecule has 0 aliphatic rings. The summed E-state index contributed by atoms with van der Waals surface area (Å²) in [5.74, 6) is -0.307. The Bertz CT molecular complexity index is 616. The molecule has 6 heteroatoms. The van der Waals surface area contributed by atoms with E-state index < -0.39 is 0 Å². The highest BCUT2D eigenvalue weighted by molar-refractivity contribution is 9.10. The fourth-order valence-corrected chi connectivity index (χ4v) is 3.43. The number of halogens is 1. The molecule has 0 atom stereocenters. The van der Waals surface area contributed by atoms with Crippen LogP contribution in [-0.4, -0.2) is 16.1 Å². The lowest BCUT2D eigenvalue weighted by molar-refractivity contribution is -0.129. The first kappa shape index (κ1) is 17.1. The molecule has 0 radical (unpaired) electrons. The standard InChI is InChI=1S/C16H19BrN2O2S/c17-13-7-5-6-12(10-13)14-11-22-16(18-14)9-4-2-1-3-8-15(20)19-21/h5-7,10-11,21H,1-4,8-9H2,(H,19,20). The Morgan fingerprint density at radius 1 is 1.27 bits per heavy atom. The van der Waals surface area contributed by atoms with E-state index in [0.29, 0.717) is 6.42 Å². The largest absolute Gasteiger partial charge is 0.289 e. The van der Waals surface area contributed by atoms with Crippen molar-refractivity contribution in [3.8, 4) is 11.3 Å². The van der Waals surface area contributed by atoms with E-state index in [-0.39, 0.29) is 5.91 Å². The van der Waals surface area contributed by atoms with Gasteiger partial charge in [-0.05, 0) is 31.4 Å². The Labute approximate surface area is 142 Å². The summed E-state index contributed by atoms with van der Waals surface area (Å²) in [7, 11) is 0. The summed E-state index contributed by atoms with van der Waals surface area (Å²) in [6.07, 6.45) is 5.33. The van der Waals surface area contributed by atoms with Crippen LogP contribution in [0.25, 0.3) is 11.3 Å². The van der Waals surface area contributed by atoms with Gasteiger partial charge in [0, 0.05) is 21.8 Å². The summed E-state index contributed by atoms with van der Waals surface area (Å²) in [5.41, 5.74) is 3.81. The molecule has 2 rings (SSSR count). The zero-order chi connectivity index (χ0) is 15.8. The van der Waals surface area contributed by atoms with Crippen molar-refractivity contribution < 1.29 is 10.0 Å². The van der Waals surface area contributed by atoms with Gasteiger partial charge in [-0.2, -0.15) is 0 Å². The Hall–Kier alpha value is -1.24. The molecule has 0 saturated carbocycles. The van der Waals surface area contributed by atoms with Crippen LogP contribution in [0.2, 0.25) is 0 Å². The first-order valence-electron chi connectivity index (χ1n) is 7.32. The molecule has 4 nitrogen and oxygen atoms in total. The van der Waals surface area contributed by atoms with Gasteiger partial charge in [0.15, 0.2) is 0 Å². The second-order valence-electron chi connectivity index (χ2n) is 5.09. The minimum atomic E-state index is -0.307. The maximum Gasteiger partial charge on any atom is 0.243 e. The number of rotatable bonds is 8. The van der Waals surface area contributed by atoms with Crippen molar-refractivity contribution in [2.24, 2.45) is 0 Å². The lowest BCUT2D eigenvalue weighted by atomic mass is 10.1. The van der Waals surface area contributed by atoms with Gasteiger partial charge < -0.3 is 0 Å². The number of nitrogens with zero attached hydrogens (tertiary/aromatic N) is 1. The number of amides is 1. The van der Waals surface area contributed by atoms with E-state index >= 15 is 0 Å². The van der Waals surface area contributed by atoms with E-state index in [2.05, 4.69) is 38.4 Å². The predicted octanol–water partition coefficient (Wildman–Crippen LogP) is 4.57. The van der Waals surface area contributed by atoms with Crippen molar-refractivity contribution >= 4 is 33.2 Å². The molecule has 0 saturated heterocycles. The van der Waals surface area contributed by atoms with Crippen LogP contribution < -0.4 is 5.48 Å². The molecular formula is C16H19BrN2O2S. The van der Waals surface area contributed by atoms with Crippen LogP contribution in [0.4, 0.5) is 0 Å². The normalized spacial score (nSPS) is 10.6. The molecule has 0 unspecified atom stereocenters. The Morgan fingerprint density at radius 2 is 2.09 bits per heavy atom. The number of aryl methyl sites for hydroxylation is 1. The SMILES string of the molecule is O=C(CCCCCCc1nc(-c2cccc(Br)c2)cs1)NO. The molecule has 1 aromatic heterocycles. The Morgan fingerprint density at radius 3 is 2.86 bits per heavy atom. The van der Waals surface area contributed by atoms with Crippen molar-refractivity contribution in [2.75, 3.05) is 0 Å². The van der Waals surface area contributed by atoms with Gasteiger partial charge >= 0.3 is 0 Å². The van der Waals surface area contributed by atoms with Gasteiger partial charge in [-0.3, -0.25) is 10.0 Å². The van der Waals surface area contributed by atoms with Crippen molar-refractivity contribution in [2.45, 2.75) is 38.5 Å². The van der Waals surface area contributed by atoms with Crippen molar-refractivity contribution in [3.05, 3.63) is 39.1 Å². The van der Waals surface area contributed by atoms with E-state index in [1.807, 2.05) is 12.1 Å². The zero-order valence-electron chi connectivity index (χ0n) is 12.2. The highest BCUT2D eigenvalue weighted by atomic mass is 79.9. The molecule has 22 heavy (non-hydrogen) atoms. The molecule has 0 spiro atoms. The van der Waals surface area contributed by atoms with Gasteiger partial charge in [0.1, 0.15) is 0 Å². The lowest BCUT2D eigenvalue weighted by Crippen LogP contribution is -2.17. The molecule has 0 aliphatic carbocycles. The van der Waals surface area contributed by atoms with Crippen LogP contribution in [-0.2, 0) is 11.2 Å². The first-order chi connectivity index (χ1) is 10.7. The third kappa shape index (κ3) is 5.51. The smallest absolute Gasteiger partial charge is 0.243 e. The molecule has 2 aromatic rings. The number of hydroxylamine groups is 1.